The molecule has 0 atom stereocenters. The quantitative estimate of drug-likeness (QED) is 0.513. The number of hydrogen-bond donors (Lipinski definition) is 1. The number of thioether (sulfide) groups is 1. The summed E-state index contributed by atoms with van der Waals surface area (Å²) >= 11 is 7.39. The van der Waals surface area contributed by atoms with E-state index < -0.39 is 0 Å². The van der Waals surface area contributed by atoms with Crippen molar-refractivity contribution in [2.75, 3.05) is 18.2 Å². The summed E-state index contributed by atoms with van der Waals surface area (Å²) in [4.78, 5) is 8.42. The van der Waals surface area contributed by atoms with Gasteiger partial charge < -0.3 is 10.1 Å². The maximum atomic E-state index is 5.94. The number of ether oxygens (including phenoxy) is 1. The van der Waals surface area contributed by atoms with Crippen molar-refractivity contribution >= 4 is 34.9 Å². The Morgan fingerprint density at radius 2 is 2.00 bits per heavy atom. The van der Waals surface area contributed by atoms with E-state index in [-0.39, 0.29) is 0 Å². The number of benzene rings is 1. The molecule has 0 amide bonds. The van der Waals surface area contributed by atoms with Crippen LogP contribution in [0.25, 0.3) is 0 Å². The van der Waals surface area contributed by atoms with E-state index in [1.165, 1.54) is 11.8 Å². The average molecular weight is 296 g/mol. The van der Waals surface area contributed by atoms with Crippen LogP contribution in [0.4, 0.5) is 11.5 Å². The zero-order chi connectivity index (χ0) is 13.7. The Bertz CT molecular complexity index is 548. The Hall–Kier alpha value is -1.46. The normalized spacial score (nSPS) is 10.3. The van der Waals surface area contributed by atoms with E-state index in [9.17, 15) is 0 Å². The van der Waals surface area contributed by atoms with Crippen LogP contribution in [-0.2, 0) is 0 Å². The van der Waals surface area contributed by atoms with E-state index in [2.05, 4.69) is 15.3 Å². The molecule has 0 bridgehead atoms. The van der Waals surface area contributed by atoms with E-state index in [4.69, 9.17) is 16.3 Å². The minimum absolute atomic E-state index is 0.424. The summed E-state index contributed by atoms with van der Waals surface area (Å²) in [6.07, 6.45) is 1.91. The Balaban J connectivity index is 2.14. The van der Waals surface area contributed by atoms with Crippen molar-refractivity contribution in [1.82, 2.24) is 9.97 Å². The summed E-state index contributed by atoms with van der Waals surface area (Å²) in [5.41, 5.74) is 0.922. The standard InChI is InChI=1S/C13H14ClN3OS/c1-3-18-10-6-4-9(5-7-10)15-12-8-11(14)16-13(17-12)19-2/h4-8H,3H2,1-2H3,(H,15,16,17). The second-order valence-electron chi connectivity index (χ2n) is 3.64. The van der Waals surface area contributed by atoms with E-state index in [0.717, 1.165) is 11.4 Å². The van der Waals surface area contributed by atoms with Crippen molar-refractivity contribution in [1.29, 1.82) is 0 Å². The molecule has 0 aliphatic rings. The molecule has 0 saturated carbocycles. The van der Waals surface area contributed by atoms with Crippen LogP contribution in [0.15, 0.2) is 35.5 Å². The minimum atomic E-state index is 0.424. The highest BCUT2D eigenvalue weighted by Gasteiger charge is 2.03. The summed E-state index contributed by atoms with van der Waals surface area (Å²) < 4.78 is 5.39. The third-order valence-corrected chi connectivity index (χ3v) is 3.04. The van der Waals surface area contributed by atoms with E-state index in [1.54, 1.807) is 6.07 Å². The molecular formula is C13H14ClN3OS. The minimum Gasteiger partial charge on any atom is -0.494 e. The lowest BCUT2D eigenvalue weighted by molar-refractivity contribution is 0.340. The fourth-order valence-electron chi connectivity index (χ4n) is 1.50. The van der Waals surface area contributed by atoms with Crippen LogP contribution in [0.5, 0.6) is 5.75 Å². The molecule has 1 heterocycles. The number of rotatable bonds is 5. The molecule has 2 rings (SSSR count). The summed E-state index contributed by atoms with van der Waals surface area (Å²) in [6, 6.07) is 9.37. The molecular weight excluding hydrogens is 282 g/mol. The summed E-state index contributed by atoms with van der Waals surface area (Å²) in [5, 5.41) is 4.25. The summed E-state index contributed by atoms with van der Waals surface area (Å²) in [6.45, 7) is 2.62. The molecule has 1 aromatic heterocycles. The van der Waals surface area contributed by atoms with Gasteiger partial charge >= 0.3 is 0 Å². The average Bonchev–Trinajstić information content (AvgIpc) is 2.40. The highest BCUT2D eigenvalue weighted by molar-refractivity contribution is 7.98. The van der Waals surface area contributed by atoms with Crippen molar-refractivity contribution in [2.45, 2.75) is 12.1 Å². The van der Waals surface area contributed by atoms with Crippen molar-refractivity contribution in [3.63, 3.8) is 0 Å². The first-order chi connectivity index (χ1) is 9.21. The molecule has 0 aliphatic heterocycles. The van der Waals surface area contributed by atoms with Crippen LogP contribution in [0.2, 0.25) is 5.15 Å². The fraction of sp³-hybridized carbons (Fsp3) is 0.231. The Morgan fingerprint density at radius 3 is 2.63 bits per heavy atom. The van der Waals surface area contributed by atoms with Gasteiger partial charge in [0, 0.05) is 11.8 Å². The lowest BCUT2D eigenvalue weighted by atomic mass is 10.3. The lowest BCUT2D eigenvalue weighted by Gasteiger charge is -2.08. The topological polar surface area (TPSA) is 47.0 Å². The SMILES string of the molecule is CCOc1ccc(Nc2cc(Cl)nc(SC)n2)cc1. The third-order valence-electron chi connectivity index (χ3n) is 2.29. The van der Waals surface area contributed by atoms with Gasteiger partial charge in [-0.3, -0.25) is 0 Å². The zero-order valence-corrected chi connectivity index (χ0v) is 12.3. The van der Waals surface area contributed by atoms with Gasteiger partial charge in [0.25, 0.3) is 0 Å². The molecule has 1 aromatic carbocycles. The number of halogens is 1. The molecule has 100 valence electrons. The zero-order valence-electron chi connectivity index (χ0n) is 10.7. The molecule has 1 N–H and O–H groups in total. The fourth-order valence-corrected chi connectivity index (χ4v) is 2.11. The number of hydrogen-bond acceptors (Lipinski definition) is 5. The predicted molar refractivity (Wildman–Crippen MR) is 79.7 cm³/mol. The van der Waals surface area contributed by atoms with Crippen LogP contribution in [0.3, 0.4) is 0 Å². The maximum Gasteiger partial charge on any atom is 0.190 e. The van der Waals surface area contributed by atoms with Crippen LogP contribution in [0.1, 0.15) is 6.92 Å². The largest absolute Gasteiger partial charge is 0.494 e. The van der Waals surface area contributed by atoms with Gasteiger partial charge in [-0.1, -0.05) is 23.4 Å². The van der Waals surface area contributed by atoms with Gasteiger partial charge in [0.15, 0.2) is 5.16 Å². The molecule has 0 fully saturated rings. The van der Waals surface area contributed by atoms with Crippen molar-refractivity contribution in [3.8, 4) is 5.75 Å². The molecule has 19 heavy (non-hydrogen) atoms. The highest BCUT2D eigenvalue weighted by Crippen LogP contribution is 2.22. The first kappa shape index (κ1) is 14.0. The number of nitrogens with zero attached hydrogens (tertiary/aromatic N) is 2. The molecule has 0 unspecified atom stereocenters. The van der Waals surface area contributed by atoms with Crippen molar-refractivity contribution in [2.24, 2.45) is 0 Å². The third kappa shape index (κ3) is 4.01. The summed E-state index contributed by atoms with van der Waals surface area (Å²) in [5.74, 6) is 1.52. The highest BCUT2D eigenvalue weighted by atomic mass is 35.5. The van der Waals surface area contributed by atoms with Crippen LogP contribution < -0.4 is 10.1 Å². The smallest absolute Gasteiger partial charge is 0.190 e. The van der Waals surface area contributed by atoms with Crippen molar-refractivity contribution < 1.29 is 4.74 Å². The lowest BCUT2D eigenvalue weighted by Crippen LogP contribution is -1.97. The van der Waals surface area contributed by atoms with Crippen molar-refractivity contribution in [3.05, 3.63) is 35.5 Å². The van der Waals surface area contributed by atoms with E-state index in [1.807, 2.05) is 37.4 Å². The van der Waals surface area contributed by atoms with Gasteiger partial charge in [-0.15, -0.1) is 0 Å². The first-order valence-corrected chi connectivity index (χ1v) is 7.40. The summed E-state index contributed by atoms with van der Waals surface area (Å²) in [7, 11) is 0. The second kappa shape index (κ2) is 6.63. The maximum absolute atomic E-state index is 5.94. The number of anilines is 2. The van der Waals surface area contributed by atoms with Crippen LogP contribution in [0, 0.1) is 0 Å². The van der Waals surface area contributed by atoms with Crippen LogP contribution in [-0.4, -0.2) is 22.8 Å². The molecule has 0 saturated heterocycles. The van der Waals surface area contributed by atoms with Gasteiger partial charge in [0.05, 0.1) is 6.61 Å². The van der Waals surface area contributed by atoms with Gasteiger partial charge in [-0.05, 0) is 37.4 Å². The second-order valence-corrected chi connectivity index (χ2v) is 4.81. The monoisotopic (exact) mass is 295 g/mol. The first-order valence-electron chi connectivity index (χ1n) is 5.79. The predicted octanol–water partition coefficient (Wildman–Crippen LogP) is 3.99. The number of aromatic nitrogens is 2. The van der Waals surface area contributed by atoms with Gasteiger partial charge in [0.1, 0.15) is 16.7 Å². The molecule has 0 spiro atoms. The molecule has 0 radical (unpaired) electrons. The Kier molecular flexibility index (Phi) is 4.87. The Morgan fingerprint density at radius 1 is 1.26 bits per heavy atom. The van der Waals surface area contributed by atoms with E-state index >= 15 is 0 Å². The van der Waals surface area contributed by atoms with Gasteiger partial charge in [-0.25, -0.2) is 9.97 Å². The molecule has 0 aliphatic carbocycles. The van der Waals surface area contributed by atoms with Gasteiger partial charge in [-0.2, -0.15) is 0 Å². The van der Waals surface area contributed by atoms with Gasteiger partial charge in [0.2, 0.25) is 0 Å². The molecule has 4 nitrogen and oxygen atoms in total. The van der Waals surface area contributed by atoms with Crippen LogP contribution >= 0.6 is 23.4 Å². The number of nitrogens with one attached hydrogen (secondary N) is 1. The molecule has 2 aromatic rings. The molecule has 6 heteroatoms. The Labute approximate surface area is 121 Å². The van der Waals surface area contributed by atoms with E-state index in [0.29, 0.717) is 22.7 Å².